The molecule has 0 aliphatic carbocycles. The van der Waals surface area contributed by atoms with Crippen molar-refractivity contribution in [2.45, 2.75) is 31.0 Å². The van der Waals surface area contributed by atoms with Crippen LogP contribution in [0.2, 0.25) is 0 Å². The van der Waals surface area contributed by atoms with E-state index in [0.717, 1.165) is 18.4 Å². The van der Waals surface area contributed by atoms with Crippen LogP contribution in [0.3, 0.4) is 0 Å². The van der Waals surface area contributed by atoms with E-state index >= 15 is 0 Å². The Balaban J connectivity index is 1.58. The first-order chi connectivity index (χ1) is 13.2. The van der Waals surface area contributed by atoms with E-state index in [-0.39, 0.29) is 23.5 Å². The number of nitrogens with one attached hydrogen (secondary N) is 2. The standard InChI is InChI=1S/C20H21FN4OS/c1-2-8-17(14-9-4-3-5-10-14)22-18(26)13-27-20-23-19(24-25-20)15-11-6-7-12-16(15)21/h3-7,9-12,17H,2,8,13H2,1H3,(H,22,26)(H,23,24,25). The third-order valence-corrected chi connectivity index (χ3v) is 4.89. The molecule has 0 saturated carbocycles. The van der Waals surface area contributed by atoms with Crippen LogP contribution in [-0.2, 0) is 4.79 Å². The molecule has 0 bridgehead atoms. The Morgan fingerprint density at radius 2 is 1.93 bits per heavy atom. The maximum atomic E-state index is 13.8. The van der Waals surface area contributed by atoms with Gasteiger partial charge in [-0.2, -0.15) is 0 Å². The van der Waals surface area contributed by atoms with Crippen LogP contribution in [0.15, 0.2) is 59.8 Å². The molecule has 1 amide bonds. The van der Waals surface area contributed by atoms with Crippen molar-refractivity contribution in [2.24, 2.45) is 0 Å². The second-order valence-corrected chi connectivity index (χ2v) is 7.00. The zero-order chi connectivity index (χ0) is 19.1. The van der Waals surface area contributed by atoms with E-state index in [1.165, 1.54) is 17.8 Å². The lowest BCUT2D eigenvalue weighted by Gasteiger charge is -2.18. The van der Waals surface area contributed by atoms with Gasteiger partial charge < -0.3 is 5.32 Å². The summed E-state index contributed by atoms with van der Waals surface area (Å²) < 4.78 is 13.8. The summed E-state index contributed by atoms with van der Waals surface area (Å²) in [5.74, 6) is 0.0960. The summed E-state index contributed by atoms with van der Waals surface area (Å²) >= 11 is 1.22. The molecule has 0 aliphatic heterocycles. The fraction of sp³-hybridized carbons (Fsp3) is 0.250. The van der Waals surface area contributed by atoms with Gasteiger partial charge in [-0.3, -0.25) is 9.89 Å². The second kappa shape index (κ2) is 9.32. The SMILES string of the molecule is CCCC(NC(=O)CSc1n[nH]c(-c2ccccc2F)n1)c1ccccc1. The molecule has 1 atom stereocenters. The lowest BCUT2D eigenvalue weighted by Crippen LogP contribution is -2.29. The van der Waals surface area contributed by atoms with E-state index in [1.54, 1.807) is 18.2 Å². The predicted molar refractivity (Wildman–Crippen MR) is 105 cm³/mol. The van der Waals surface area contributed by atoms with Crippen LogP contribution in [0, 0.1) is 5.82 Å². The van der Waals surface area contributed by atoms with Gasteiger partial charge in [-0.15, -0.1) is 5.10 Å². The molecular formula is C20H21FN4OS. The monoisotopic (exact) mass is 384 g/mol. The highest BCUT2D eigenvalue weighted by Crippen LogP contribution is 2.22. The van der Waals surface area contributed by atoms with Gasteiger partial charge in [-0.1, -0.05) is 67.6 Å². The van der Waals surface area contributed by atoms with Crippen molar-refractivity contribution in [2.75, 3.05) is 5.75 Å². The van der Waals surface area contributed by atoms with Crippen molar-refractivity contribution in [1.82, 2.24) is 20.5 Å². The van der Waals surface area contributed by atoms with Gasteiger partial charge in [0.2, 0.25) is 11.1 Å². The normalized spacial score (nSPS) is 11.9. The van der Waals surface area contributed by atoms with Gasteiger partial charge in [0.25, 0.3) is 0 Å². The average Bonchev–Trinajstić information content (AvgIpc) is 3.16. The number of H-pyrrole nitrogens is 1. The summed E-state index contributed by atoms with van der Waals surface area (Å²) in [5, 5.41) is 10.3. The Morgan fingerprint density at radius 3 is 2.67 bits per heavy atom. The van der Waals surface area contributed by atoms with Gasteiger partial charge in [0.15, 0.2) is 5.82 Å². The molecule has 1 unspecified atom stereocenters. The Morgan fingerprint density at radius 1 is 1.19 bits per heavy atom. The Labute approximate surface area is 161 Å². The number of rotatable bonds is 8. The Bertz CT molecular complexity index is 884. The van der Waals surface area contributed by atoms with Crippen LogP contribution >= 0.6 is 11.8 Å². The van der Waals surface area contributed by atoms with Gasteiger partial charge in [-0.05, 0) is 24.1 Å². The molecule has 2 N–H and O–H groups in total. The third-order valence-electron chi connectivity index (χ3n) is 4.04. The number of hydrogen-bond donors (Lipinski definition) is 2. The largest absolute Gasteiger partial charge is 0.349 e. The molecule has 0 aliphatic rings. The second-order valence-electron chi connectivity index (χ2n) is 6.05. The first-order valence-corrected chi connectivity index (χ1v) is 9.80. The van der Waals surface area contributed by atoms with Crippen molar-refractivity contribution < 1.29 is 9.18 Å². The molecule has 140 valence electrons. The van der Waals surface area contributed by atoms with E-state index in [0.29, 0.717) is 16.5 Å². The fourth-order valence-electron chi connectivity index (χ4n) is 2.75. The topological polar surface area (TPSA) is 70.7 Å². The Kier molecular flexibility index (Phi) is 6.59. The molecule has 0 spiro atoms. The molecule has 0 radical (unpaired) electrons. The zero-order valence-electron chi connectivity index (χ0n) is 15.0. The average molecular weight is 384 g/mol. The first kappa shape index (κ1) is 19.1. The number of halogens is 1. The molecular weight excluding hydrogens is 363 g/mol. The lowest BCUT2D eigenvalue weighted by molar-refractivity contribution is -0.119. The molecule has 27 heavy (non-hydrogen) atoms. The molecule has 0 fully saturated rings. The van der Waals surface area contributed by atoms with Gasteiger partial charge >= 0.3 is 0 Å². The van der Waals surface area contributed by atoms with E-state index in [4.69, 9.17) is 0 Å². The highest BCUT2D eigenvalue weighted by Gasteiger charge is 2.15. The summed E-state index contributed by atoms with van der Waals surface area (Å²) in [5.41, 5.74) is 1.45. The minimum atomic E-state index is -0.367. The lowest BCUT2D eigenvalue weighted by atomic mass is 10.0. The summed E-state index contributed by atoms with van der Waals surface area (Å²) in [6, 6.07) is 16.3. The maximum Gasteiger partial charge on any atom is 0.230 e. The first-order valence-electron chi connectivity index (χ1n) is 8.81. The molecule has 5 nitrogen and oxygen atoms in total. The van der Waals surface area contributed by atoms with E-state index in [9.17, 15) is 9.18 Å². The van der Waals surface area contributed by atoms with E-state index in [1.807, 2.05) is 30.3 Å². The van der Waals surface area contributed by atoms with Crippen LogP contribution in [0.25, 0.3) is 11.4 Å². The number of carbonyl (C=O) groups excluding carboxylic acids is 1. The number of amides is 1. The molecule has 2 aromatic carbocycles. The number of aromatic nitrogens is 3. The molecule has 1 aromatic heterocycles. The fourth-order valence-corrected chi connectivity index (χ4v) is 3.36. The van der Waals surface area contributed by atoms with Gasteiger partial charge in [0, 0.05) is 0 Å². The molecule has 1 heterocycles. The van der Waals surface area contributed by atoms with Crippen LogP contribution < -0.4 is 5.32 Å². The quantitative estimate of drug-likeness (QED) is 0.566. The highest BCUT2D eigenvalue weighted by atomic mass is 32.2. The number of benzene rings is 2. The summed E-state index contributed by atoms with van der Waals surface area (Å²) in [4.78, 5) is 16.6. The minimum absolute atomic E-state index is 0.00887. The number of hydrogen-bond acceptors (Lipinski definition) is 4. The number of nitrogens with zero attached hydrogens (tertiary/aromatic N) is 2. The smallest absolute Gasteiger partial charge is 0.230 e. The zero-order valence-corrected chi connectivity index (χ0v) is 15.8. The maximum absolute atomic E-state index is 13.8. The van der Waals surface area contributed by atoms with E-state index < -0.39 is 0 Å². The van der Waals surface area contributed by atoms with Crippen LogP contribution in [-0.4, -0.2) is 26.8 Å². The number of thioether (sulfide) groups is 1. The van der Waals surface area contributed by atoms with Gasteiger partial charge in [-0.25, -0.2) is 9.37 Å². The number of aromatic amines is 1. The summed E-state index contributed by atoms with van der Waals surface area (Å²) in [6.07, 6.45) is 1.85. The van der Waals surface area contributed by atoms with Crippen molar-refractivity contribution in [1.29, 1.82) is 0 Å². The van der Waals surface area contributed by atoms with Crippen LogP contribution in [0.4, 0.5) is 4.39 Å². The molecule has 7 heteroatoms. The molecule has 3 aromatic rings. The predicted octanol–water partition coefficient (Wildman–Crippen LogP) is 4.36. The highest BCUT2D eigenvalue weighted by molar-refractivity contribution is 7.99. The van der Waals surface area contributed by atoms with Gasteiger partial charge in [0.1, 0.15) is 5.82 Å². The van der Waals surface area contributed by atoms with Crippen molar-refractivity contribution in [3.05, 3.63) is 66.0 Å². The molecule has 0 saturated heterocycles. The third kappa shape index (κ3) is 5.17. The Hall–Kier alpha value is -2.67. The minimum Gasteiger partial charge on any atom is -0.349 e. The van der Waals surface area contributed by atoms with E-state index in [2.05, 4.69) is 27.4 Å². The number of carbonyl (C=O) groups is 1. The van der Waals surface area contributed by atoms with Crippen LogP contribution in [0.5, 0.6) is 0 Å². The van der Waals surface area contributed by atoms with Crippen LogP contribution in [0.1, 0.15) is 31.4 Å². The van der Waals surface area contributed by atoms with Crippen molar-refractivity contribution in [3.8, 4) is 11.4 Å². The molecule has 3 rings (SSSR count). The van der Waals surface area contributed by atoms with Gasteiger partial charge in [0.05, 0.1) is 17.4 Å². The summed E-state index contributed by atoms with van der Waals surface area (Å²) in [7, 11) is 0. The van der Waals surface area contributed by atoms with Crippen molar-refractivity contribution in [3.63, 3.8) is 0 Å². The van der Waals surface area contributed by atoms with Crippen molar-refractivity contribution >= 4 is 17.7 Å². The summed E-state index contributed by atoms with van der Waals surface area (Å²) in [6.45, 7) is 2.09.